The number of hydrogen-bond acceptors (Lipinski definition) is 3. The van der Waals surface area contributed by atoms with E-state index in [1.54, 1.807) is 11.8 Å². The van der Waals surface area contributed by atoms with Gasteiger partial charge < -0.3 is 10.1 Å². The van der Waals surface area contributed by atoms with E-state index in [1.807, 2.05) is 32.2 Å². The molecular formula is C13H15BrClN3O. The van der Waals surface area contributed by atoms with E-state index < -0.39 is 0 Å². The van der Waals surface area contributed by atoms with E-state index in [0.29, 0.717) is 11.6 Å². The highest BCUT2D eigenvalue weighted by molar-refractivity contribution is 9.10. The molecule has 2 aromatic rings. The Morgan fingerprint density at radius 3 is 2.89 bits per heavy atom. The zero-order chi connectivity index (χ0) is 14.0. The molecule has 1 aromatic carbocycles. The van der Waals surface area contributed by atoms with Gasteiger partial charge in [-0.3, -0.25) is 0 Å². The highest BCUT2D eigenvalue weighted by Crippen LogP contribution is 2.31. The average molecular weight is 345 g/mol. The van der Waals surface area contributed by atoms with Crippen LogP contribution in [0, 0.1) is 6.92 Å². The third kappa shape index (κ3) is 2.87. The molecule has 0 bridgehead atoms. The molecule has 0 aliphatic heterocycles. The Hall–Kier alpha value is -1.20. The normalized spacial score (nSPS) is 10.6. The van der Waals surface area contributed by atoms with Crippen molar-refractivity contribution in [3.8, 4) is 5.88 Å². The highest BCUT2D eigenvalue weighted by atomic mass is 79.9. The molecule has 0 saturated carbocycles. The summed E-state index contributed by atoms with van der Waals surface area (Å²) >= 11 is 9.53. The Morgan fingerprint density at radius 2 is 2.21 bits per heavy atom. The van der Waals surface area contributed by atoms with Gasteiger partial charge in [-0.1, -0.05) is 17.7 Å². The third-order valence-corrected chi connectivity index (χ3v) is 4.29. The SMILES string of the molecule is COc1c(CNc2cccc(Cl)c2Br)c(C)nn1C. The molecule has 1 N–H and O–H groups in total. The second kappa shape index (κ2) is 5.84. The molecular weight excluding hydrogens is 330 g/mol. The first-order valence-corrected chi connectivity index (χ1v) is 6.96. The van der Waals surface area contributed by atoms with Gasteiger partial charge in [-0.05, 0) is 35.0 Å². The van der Waals surface area contributed by atoms with E-state index in [2.05, 4.69) is 26.3 Å². The molecule has 102 valence electrons. The molecule has 6 heteroatoms. The van der Waals surface area contributed by atoms with Crippen molar-refractivity contribution in [2.75, 3.05) is 12.4 Å². The number of nitrogens with one attached hydrogen (secondary N) is 1. The van der Waals surface area contributed by atoms with Crippen molar-refractivity contribution in [1.29, 1.82) is 0 Å². The van der Waals surface area contributed by atoms with Crippen LogP contribution in [0.5, 0.6) is 5.88 Å². The molecule has 0 atom stereocenters. The minimum absolute atomic E-state index is 0.627. The Labute approximate surface area is 125 Å². The first-order valence-electron chi connectivity index (χ1n) is 5.79. The number of methoxy groups -OCH3 is 1. The molecule has 0 amide bonds. The van der Waals surface area contributed by atoms with Gasteiger partial charge in [0.1, 0.15) is 0 Å². The first-order chi connectivity index (χ1) is 9.04. The predicted molar refractivity (Wildman–Crippen MR) is 81.0 cm³/mol. The van der Waals surface area contributed by atoms with Crippen molar-refractivity contribution >= 4 is 33.2 Å². The van der Waals surface area contributed by atoms with Crippen LogP contribution in [0.3, 0.4) is 0 Å². The smallest absolute Gasteiger partial charge is 0.216 e. The van der Waals surface area contributed by atoms with Crippen molar-refractivity contribution in [2.45, 2.75) is 13.5 Å². The summed E-state index contributed by atoms with van der Waals surface area (Å²) in [6, 6.07) is 5.71. The summed E-state index contributed by atoms with van der Waals surface area (Å²) < 4.78 is 7.96. The fourth-order valence-corrected chi connectivity index (χ4v) is 2.54. The molecule has 19 heavy (non-hydrogen) atoms. The molecule has 0 unspecified atom stereocenters. The molecule has 0 spiro atoms. The van der Waals surface area contributed by atoms with Crippen LogP contribution < -0.4 is 10.1 Å². The van der Waals surface area contributed by atoms with Crippen LogP contribution in [0.25, 0.3) is 0 Å². The number of ether oxygens (including phenoxy) is 1. The maximum atomic E-state index is 6.06. The van der Waals surface area contributed by atoms with Gasteiger partial charge in [-0.25, -0.2) is 4.68 Å². The number of aromatic nitrogens is 2. The number of benzene rings is 1. The summed E-state index contributed by atoms with van der Waals surface area (Å²) in [5.41, 5.74) is 2.93. The number of anilines is 1. The zero-order valence-electron chi connectivity index (χ0n) is 11.0. The summed E-state index contributed by atoms with van der Waals surface area (Å²) in [6.45, 7) is 2.59. The molecule has 4 nitrogen and oxygen atoms in total. The lowest BCUT2D eigenvalue weighted by atomic mass is 10.2. The Bertz CT molecular complexity index is 598. The minimum atomic E-state index is 0.627. The fraction of sp³-hybridized carbons (Fsp3) is 0.308. The van der Waals surface area contributed by atoms with Crippen LogP contribution in [-0.2, 0) is 13.6 Å². The van der Waals surface area contributed by atoms with Crippen LogP contribution in [0.4, 0.5) is 5.69 Å². The van der Waals surface area contributed by atoms with E-state index in [4.69, 9.17) is 16.3 Å². The van der Waals surface area contributed by atoms with Gasteiger partial charge in [0.15, 0.2) is 0 Å². The van der Waals surface area contributed by atoms with E-state index in [-0.39, 0.29) is 0 Å². The van der Waals surface area contributed by atoms with Crippen LogP contribution in [0.1, 0.15) is 11.3 Å². The summed E-state index contributed by atoms with van der Waals surface area (Å²) in [5.74, 6) is 0.767. The average Bonchev–Trinajstić information content (AvgIpc) is 2.65. The van der Waals surface area contributed by atoms with Gasteiger partial charge in [0.25, 0.3) is 0 Å². The topological polar surface area (TPSA) is 39.1 Å². The van der Waals surface area contributed by atoms with E-state index in [1.165, 1.54) is 0 Å². The van der Waals surface area contributed by atoms with Gasteiger partial charge in [-0.2, -0.15) is 5.10 Å². The lowest BCUT2D eigenvalue weighted by molar-refractivity contribution is 0.370. The standard InChI is InChI=1S/C13H15BrClN3O/c1-8-9(13(19-3)18(2)17-8)7-16-11-6-4-5-10(15)12(11)14/h4-6,16H,7H2,1-3H3. The van der Waals surface area contributed by atoms with Crippen molar-refractivity contribution in [2.24, 2.45) is 7.05 Å². The predicted octanol–water partition coefficient (Wildman–Crippen LogP) is 3.77. The molecule has 0 radical (unpaired) electrons. The second-order valence-electron chi connectivity index (χ2n) is 4.15. The van der Waals surface area contributed by atoms with Crippen LogP contribution in [-0.4, -0.2) is 16.9 Å². The molecule has 0 aliphatic carbocycles. The van der Waals surface area contributed by atoms with Crippen molar-refractivity contribution in [3.05, 3.63) is 39.0 Å². The molecule has 2 rings (SSSR count). The molecule has 0 aliphatic rings. The summed E-state index contributed by atoms with van der Waals surface area (Å²) in [5, 5.41) is 8.36. The van der Waals surface area contributed by atoms with Gasteiger partial charge in [0, 0.05) is 13.6 Å². The maximum Gasteiger partial charge on any atom is 0.216 e. The number of hydrogen-bond donors (Lipinski definition) is 1. The van der Waals surface area contributed by atoms with Gasteiger partial charge in [0.05, 0.1) is 33.5 Å². The largest absolute Gasteiger partial charge is 0.481 e. The van der Waals surface area contributed by atoms with E-state index in [9.17, 15) is 0 Å². The minimum Gasteiger partial charge on any atom is -0.481 e. The molecule has 0 fully saturated rings. The maximum absolute atomic E-state index is 6.06. The Morgan fingerprint density at radius 1 is 1.47 bits per heavy atom. The first kappa shape index (κ1) is 14.2. The number of halogens is 2. The van der Waals surface area contributed by atoms with Crippen LogP contribution >= 0.6 is 27.5 Å². The van der Waals surface area contributed by atoms with Crippen molar-refractivity contribution < 1.29 is 4.74 Å². The quantitative estimate of drug-likeness (QED) is 0.918. The number of nitrogens with zero attached hydrogens (tertiary/aromatic N) is 2. The summed E-state index contributed by atoms with van der Waals surface area (Å²) in [7, 11) is 3.51. The fourth-order valence-electron chi connectivity index (χ4n) is 1.96. The summed E-state index contributed by atoms with van der Waals surface area (Å²) in [4.78, 5) is 0. The molecule has 0 saturated heterocycles. The third-order valence-electron chi connectivity index (χ3n) is 2.89. The Kier molecular flexibility index (Phi) is 4.37. The van der Waals surface area contributed by atoms with Crippen molar-refractivity contribution in [1.82, 2.24) is 9.78 Å². The van der Waals surface area contributed by atoms with E-state index >= 15 is 0 Å². The van der Waals surface area contributed by atoms with Gasteiger partial charge in [0.2, 0.25) is 5.88 Å². The zero-order valence-corrected chi connectivity index (χ0v) is 13.3. The van der Waals surface area contributed by atoms with Crippen LogP contribution in [0.15, 0.2) is 22.7 Å². The van der Waals surface area contributed by atoms with Gasteiger partial charge >= 0.3 is 0 Å². The van der Waals surface area contributed by atoms with Crippen LogP contribution in [0.2, 0.25) is 5.02 Å². The summed E-state index contributed by atoms with van der Waals surface area (Å²) in [6.07, 6.45) is 0. The highest BCUT2D eigenvalue weighted by Gasteiger charge is 2.14. The number of rotatable bonds is 4. The number of aryl methyl sites for hydroxylation is 2. The lowest BCUT2D eigenvalue weighted by Gasteiger charge is -2.10. The van der Waals surface area contributed by atoms with E-state index in [0.717, 1.165) is 27.3 Å². The second-order valence-corrected chi connectivity index (χ2v) is 5.35. The molecule has 1 heterocycles. The van der Waals surface area contributed by atoms with Gasteiger partial charge in [-0.15, -0.1) is 0 Å². The van der Waals surface area contributed by atoms with Crippen molar-refractivity contribution in [3.63, 3.8) is 0 Å². The Balaban J connectivity index is 2.21. The lowest BCUT2D eigenvalue weighted by Crippen LogP contribution is -2.03. The molecule has 1 aromatic heterocycles. The monoisotopic (exact) mass is 343 g/mol.